The molecule has 1 aromatic heterocycles. The molecule has 0 aromatic carbocycles. The van der Waals surface area contributed by atoms with Crippen LogP contribution < -0.4 is 5.32 Å². The number of aliphatic hydroxyl groups excluding tert-OH is 1. The predicted molar refractivity (Wildman–Crippen MR) is 69.0 cm³/mol. The van der Waals surface area contributed by atoms with E-state index in [2.05, 4.69) is 21.2 Å². The highest BCUT2D eigenvalue weighted by atomic mass is 79.9. The summed E-state index contributed by atoms with van der Waals surface area (Å²) < 4.78 is 2.92. The zero-order valence-corrected chi connectivity index (χ0v) is 11.6. The van der Waals surface area contributed by atoms with Gasteiger partial charge in [0.25, 0.3) is 5.91 Å². The van der Waals surface area contributed by atoms with Crippen molar-refractivity contribution in [1.82, 2.24) is 9.88 Å². The summed E-state index contributed by atoms with van der Waals surface area (Å²) in [6.07, 6.45) is 4.20. The van der Waals surface area contributed by atoms with Crippen molar-refractivity contribution in [1.29, 1.82) is 0 Å². The van der Waals surface area contributed by atoms with Gasteiger partial charge in [0.05, 0.1) is 12.1 Å². The number of amides is 1. The molecule has 1 saturated carbocycles. The fourth-order valence-electron chi connectivity index (χ4n) is 1.69. The first-order chi connectivity index (χ1) is 7.93. The van der Waals surface area contributed by atoms with Crippen LogP contribution in [0.3, 0.4) is 0 Å². The number of hydrogen-bond donors (Lipinski definition) is 2. The molecule has 0 bridgehead atoms. The Morgan fingerprint density at radius 1 is 1.65 bits per heavy atom. The fourth-order valence-corrected chi connectivity index (χ4v) is 2.13. The van der Waals surface area contributed by atoms with Gasteiger partial charge >= 0.3 is 0 Å². The van der Waals surface area contributed by atoms with Crippen molar-refractivity contribution in [2.24, 2.45) is 0 Å². The molecule has 0 radical (unpaired) electrons. The summed E-state index contributed by atoms with van der Waals surface area (Å²) in [4.78, 5) is 12.1. The molecule has 1 amide bonds. The SMILES string of the molecule is CC(C)(CO)NC(=O)c1cc(Br)cn1C1CC1. The number of nitrogens with one attached hydrogen (secondary N) is 1. The third kappa shape index (κ3) is 2.90. The zero-order chi connectivity index (χ0) is 12.6. The second-order valence-corrected chi connectivity index (χ2v) is 6.09. The van der Waals surface area contributed by atoms with E-state index in [1.54, 1.807) is 13.8 Å². The van der Waals surface area contributed by atoms with Gasteiger partial charge in [0.1, 0.15) is 5.69 Å². The zero-order valence-electron chi connectivity index (χ0n) is 10.0. The molecule has 5 heteroatoms. The first kappa shape index (κ1) is 12.6. The summed E-state index contributed by atoms with van der Waals surface area (Å²) in [5.74, 6) is -0.137. The van der Waals surface area contributed by atoms with Crippen molar-refractivity contribution >= 4 is 21.8 Å². The molecule has 1 fully saturated rings. The lowest BCUT2D eigenvalue weighted by molar-refractivity contribution is 0.0859. The van der Waals surface area contributed by atoms with Crippen LogP contribution in [0.1, 0.15) is 43.2 Å². The minimum Gasteiger partial charge on any atom is -0.394 e. The van der Waals surface area contributed by atoms with Crippen molar-refractivity contribution in [3.05, 3.63) is 22.4 Å². The molecule has 1 aliphatic rings. The topological polar surface area (TPSA) is 54.3 Å². The molecule has 2 rings (SSSR count). The number of aliphatic hydroxyl groups is 1. The van der Waals surface area contributed by atoms with E-state index in [9.17, 15) is 4.79 Å². The average Bonchev–Trinajstić information content (AvgIpc) is 3.01. The molecule has 1 aromatic rings. The number of rotatable bonds is 4. The first-order valence-corrected chi connectivity index (χ1v) is 6.53. The van der Waals surface area contributed by atoms with Gasteiger partial charge in [0.15, 0.2) is 0 Å². The summed E-state index contributed by atoms with van der Waals surface area (Å²) in [6, 6.07) is 2.28. The minimum absolute atomic E-state index is 0.0793. The third-order valence-corrected chi connectivity index (χ3v) is 3.27. The molecule has 1 heterocycles. The molecular formula is C12H17BrN2O2. The van der Waals surface area contributed by atoms with Gasteiger partial charge in [-0.1, -0.05) is 0 Å². The molecule has 1 aliphatic carbocycles. The Balaban J connectivity index is 2.18. The maximum absolute atomic E-state index is 12.1. The van der Waals surface area contributed by atoms with E-state index in [1.165, 1.54) is 0 Å². The highest BCUT2D eigenvalue weighted by Crippen LogP contribution is 2.37. The number of hydrogen-bond acceptors (Lipinski definition) is 2. The van der Waals surface area contributed by atoms with Gasteiger partial charge in [-0.2, -0.15) is 0 Å². The monoisotopic (exact) mass is 300 g/mol. The van der Waals surface area contributed by atoms with E-state index >= 15 is 0 Å². The highest BCUT2D eigenvalue weighted by Gasteiger charge is 2.29. The van der Waals surface area contributed by atoms with Gasteiger partial charge in [-0.3, -0.25) is 4.79 Å². The van der Waals surface area contributed by atoms with E-state index in [0.717, 1.165) is 17.3 Å². The van der Waals surface area contributed by atoms with Crippen LogP contribution in [0, 0.1) is 0 Å². The number of carbonyl (C=O) groups excluding carboxylic acids is 1. The Bertz CT molecular complexity index is 436. The average molecular weight is 301 g/mol. The van der Waals surface area contributed by atoms with Crippen LogP contribution in [0.2, 0.25) is 0 Å². The van der Waals surface area contributed by atoms with E-state index in [4.69, 9.17) is 5.11 Å². The van der Waals surface area contributed by atoms with Crippen LogP contribution in [-0.4, -0.2) is 27.7 Å². The Kier molecular flexibility index (Phi) is 3.32. The normalized spacial score (nSPS) is 16.0. The Labute approximate surface area is 109 Å². The minimum atomic E-state index is -0.595. The van der Waals surface area contributed by atoms with Crippen molar-refractivity contribution < 1.29 is 9.90 Å². The Morgan fingerprint density at radius 3 is 2.82 bits per heavy atom. The van der Waals surface area contributed by atoms with Crippen LogP contribution in [0.25, 0.3) is 0 Å². The number of nitrogens with zero attached hydrogens (tertiary/aromatic N) is 1. The smallest absolute Gasteiger partial charge is 0.268 e. The van der Waals surface area contributed by atoms with Crippen LogP contribution in [0.4, 0.5) is 0 Å². The number of carbonyl (C=O) groups is 1. The van der Waals surface area contributed by atoms with Crippen LogP contribution in [-0.2, 0) is 0 Å². The molecule has 0 unspecified atom stereocenters. The molecule has 0 spiro atoms. The Morgan fingerprint density at radius 2 is 2.29 bits per heavy atom. The van der Waals surface area contributed by atoms with Gasteiger partial charge in [0, 0.05) is 16.7 Å². The molecular weight excluding hydrogens is 284 g/mol. The van der Waals surface area contributed by atoms with E-state index in [-0.39, 0.29) is 12.5 Å². The molecule has 17 heavy (non-hydrogen) atoms. The molecule has 0 saturated heterocycles. The second-order valence-electron chi connectivity index (χ2n) is 5.18. The van der Waals surface area contributed by atoms with Gasteiger partial charge in [0.2, 0.25) is 0 Å². The van der Waals surface area contributed by atoms with E-state index < -0.39 is 5.54 Å². The van der Waals surface area contributed by atoms with E-state index in [1.807, 2.05) is 16.8 Å². The second kappa shape index (κ2) is 4.46. The van der Waals surface area contributed by atoms with Crippen molar-refractivity contribution in [2.75, 3.05) is 6.61 Å². The van der Waals surface area contributed by atoms with Crippen molar-refractivity contribution in [2.45, 2.75) is 38.3 Å². The lowest BCUT2D eigenvalue weighted by Crippen LogP contribution is -2.46. The van der Waals surface area contributed by atoms with Crippen molar-refractivity contribution in [3.8, 4) is 0 Å². The van der Waals surface area contributed by atoms with Gasteiger partial charge < -0.3 is 15.0 Å². The summed E-state index contributed by atoms with van der Waals surface area (Å²) in [5.41, 5.74) is 0.0586. The van der Waals surface area contributed by atoms with Gasteiger partial charge in [-0.15, -0.1) is 0 Å². The van der Waals surface area contributed by atoms with E-state index in [0.29, 0.717) is 11.7 Å². The summed E-state index contributed by atoms with van der Waals surface area (Å²) in [7, 11) is 0. The summed E-state index contributed by atoms with van der Waals surface area (Å²) in [5, 5.41) is 12.0. The maximum Gasteiger partial charge on any atom is 0.268 e. The first-order valence-electron chi connectivity index (χ1n) is 5.74. The standard InChI is InChI=1S/C12H17BrN2O2/c1-12(2,7-16)14-11(17)10-5-8(13)6-15(10)9-3-4-9/h5-6,9,16H,3-4,7H2,1-2H3,(H,14,17). The lowest BCUT2D eigenvalue weighted by Gasteiger charge is -2.23. The van der Waals surface area contributed by atoms with Crippen LogP contribution >= 0.6 is 15.9 Å². The molecule has 0 atom stereocenters. The molecule has 4 nitrogen and oxygen atoms in total. The predicted octanol–water partition coefficient (Wildman–Crippen LogP) is 2.09. The molecule has 94 valence electrons. The van der Waals surface area contributed by atoms with Crippen LogP contribution in [0.15, 0.2) is 16.7 Å². The number of halogens is 1. The van der Waals surface area contributed by atoms with Gasteiger partial charge in [-0.05, 0) is 48.7 Å². The Hall–Kier alpha value is -0.810. The molecule has 2 N–H and O–H groups in total. The number of aromatic nitrogens is 1. The lowest BCUT2D eigenvalue weighted by atomic mass is 10.1. The fraction of sp³-hybridized carbons (Fsp3) is 0.583. The quantitative estimate of drug-likeness (QED) is 0.894. The van der Waals surface area contributed by atoms with Gasteiger partial charge in [-0.25, -0.2) is 0 Å². The summed E-state index contributed by atoms with van der Waals surface area (Å²) in [6.45, 7) is 3.51. The maximum atomic E-state index is 12.1. The van der Waals surface area contributed by atoms with Crippen molar-refractivity contribution in [3.63, 3.8) is 0 Å². The molecule has 0 aliphatic heterocycles. The third-order valence-electron chi connectivity index (χ3n) is 2.84. The van der Waals surface area contributed by atoms with Crippen LogP contribution in [0.5, 0.6) is 0 Å². The summed E-state index contributed by atoms with van der Waals surface area (Å²) >= 11 is 3.39. The largest absolute Gasteiger partial charge is 0.394 e. The highest BCUT2D eigenvalue weighted by molar-refractivity contribution is 9.10.